The number of aromatic nitrogens is 2. The summed E-state index contributed by atoms with van der Waals surface area (Å²) in [7, 11) is 0. The summed E-state index contributed by atoms with van der Waals surface area (Å²) in [6.07, 6.45) is 1.53. The molecule has 0 saturated carbocycles. The molecule has 0 amide bonds. The lowest BCUT2D eigenvalue weighted by atomic mass is 9.88. The fraction of sp³-hybridized carbons (Fsp3) is 0.389. The van der Waals surface area contributed by atoms with Crippen LogP contribution in [-0.2, 0) is 9.53 Å². The predicted molar refractivity (Wildman–Crippen MR) is 98.9 cm³/mol. The highest BCUT2D eigenvalue weighted by Crippen LogP contribution is 2.40. The molecule has 132 valence electrons. The Bertz CT molecular complexity index is 852. The lowest BCUT2D eigenvalue weighted by molar-refractivity contribution is -0.158. The Morgan fingerprint density at radius 1 is 1.28 bits per heavy atom. The van der Waals surface area contributed by atoms with Crippen LogP contribution in [0, 0.1) is 5.92 Å². The van der Waals surface area contributed by atoms with Crippen molar-refractivity contribution in [2.75, 3.05) is 0 Å². The van der Waals surface area contributed by atoms with E-state index in [0.717, 1.165) is 5.56 Å². The fourth-order valence-corrected chi connectivity index (χ4v) is 3.31. The van der Waals surface area contributed by atoms with Crippen molar-refractivity contribution in [3.8, 4) is 0 Å². The van der Waals surface area contributed by atoms with Crippen LogP contribution in [0.3, 0.4) is 0 Å². The minimum atomic E-state index is -0.610. The van der Waals surface area contributed by atoms with E-state index in [1.54, 1.807) is 17.7 Å². The Hall–Kier alpha value is -1.85. The highest BCUT2D eigenvalue weighted by molar-refractivity contribution is 6.33. The Balaban J connectivity index is 2.13. The highest BCUT2D eigenvalue weighted by Gasteiger charge is 2.41. The molecule has 3 rings (SSSR count). The normalized spacial score (nSPS) is 20.0. The number of benzene rings is 1. The second-order valence-electron chi connectivity index (χ2n) is 7.02. The zero-order valence-electron chi connectivity index (χ0n) is 14.5. The zero-order chi connectivity index (χ0) is 18.4. The molecule has 2 atom stereocenters. The Morgan fingerprint density at radius 3 is 2.64 bits per heavy atom. The number of esters is 1. The summed E-state index contributed by atoms with van der Waals surface area (Å²) in [5.41, 5.74) is 0.880. The summed E-state index contributed by atoms with van der Waals surface area (Å²) in [4.78, 5) is 17.4. The van der Waals surface area contributed by atoms with Gasteiger partial charge in [0.15, 0.2) is 5.82 Å². The SMILES string of the molecule is CC1=Nc2c(Cl)cnn2C(c2cccc(Cl)c2)C1C(=O)OC(C)(C)C. The maximum Gasteiger partial charge on any atom is 0.317 e. The molecule has 1 aliphatic heterocycles. The van der Waals surface area contributed by atoms with E-state index in [1.165, 1.54) is 6.20 Å². The summed E-state index contributed by atoms with van der Waals surface area (Å²) >= 11 is 12.4. The molecule has 1 aromatic carbocycles. The van der Waals surface area contributed by atoms with Crippen LogP contribution in [0.25, 0.3) is 0 Å². The van der Waals surface area contributed by atoms with E-state index in [1.807, 2.05) is 39.0 Å². The monoisotopic (exact) mass is 379 g/mol. The van der Waals surface area contributed by atoms with E-state index in [4.69, 9.17) is 27.9 Å². The van der Waals surface area contributed by atoms with Gasteiger partial charge in [-0.25, -0.2) is 9.67 Å². The molecular formula is C18H19Cl2N3O2. The molecule has 0 N–H and O–H groups in total. The zero-order valence-corrected chi connectivity index (χ0v) is 16.0. The van der Waals surface area contributed by atoms with Gasteiger partial charge in [-0.2, -0.15) is 5.10 Å². The van der Waals surface area contributed by atoms with Crippen molar-refractivity contribution in [2.45, 2.75) is 39.3 Å². The first-order valence-corrected chi connectivity index (χ1v) is 8.69. The number of rotatable bonds is 2. The molecule has 2 heterocycles. The van der Waals surface area contributed by atoms with Gasteiger partial charge in [0.25, 0.3) is 0 Å². The predicted octanol–water partition coefficient (Wildman–Crippen LogP) is 4.84. The summed E-state index contributed by atoms with van der Waals surface area (Å²) < 4.78 is 7.29. The Morgan fingerprint density at radius 2 is 2.00 bits per heavy atom. The standard InChI is InChI=1S/C18H19Cl2N3O2/c1-10-14(17(24)25-18(2,3)4)15(11-6-5-7-12(19)8-11)23-16(22-10)13(20)9-21-23/h5-9,14-15H,1-4H3. The molecule has 0 aliphatic carbocycles. The average molecular weight is 380 g/mol. The van der Waals surface area contributed by atoms with Gasteiger partial charge in [0.05, 0.1) is 12.2 Å². The van der Waals surface area contributed by atoms with Crippen LogP contribution in [0.1, 0.15) is 39.3 Å². The molecule has 1 aliphatic rings. The van der Waals surface area contributed by atoms with Gasteiger partial charge >= 0.3 is 5.97 Å². The second kappa shape index (κ2) is 6.46. The fourth-order valence-electron chi connectivity index (χ4n) is 2.94. The van der Waals surface area contributed by atoms with Crippen molar-refractivity contribution in [2.24, 2.45) is 10.9 Å². The molecule has 0 fully saturated rings. The first kappa shape index (κ1) is 18.0. The minimum Gasteiger partial charge on any atom is -0.459 e. The van der Waals surface area contributed by atoms with Crippen LogP contribution >= 0.6 is 23.2 Å². The minimum absolute atomic E-state index is 0.351. The molecule has 0 bridgehead atoms. The van der Waals surface area contributed by atoms with Gasteiger partial charge in [0.1, 0.15) is 16.5 Å². The number of hydrogen-bond donors (Lipinski definition) is 0. The summed E-state index contributed by atoms with van der Waals surface area (Å²) in [6.45, 7) is 7.32. The topological polar surface area (TPSA) is 56.5 Å². The van der Waals surface area contributed by atoms with Gasteiger partial charge in [-0.15, -0.1) is 0 Å². The van der Waals surface area contributed by atoms with Gasteiger partial charge in [0, 0.05) is 10.7 Å². The van der Waals surface area contributed by atoms with Crippen molar-refractivity contribution in [1.29, 1.82) is 0 Å². The number of fused-ring (bicyclic) bond motifs is 1. The van der Waals surface area contributed by atoms with E-state index < -0.39 is 17.6 Å². The van der Waals surface area contributed by atoms with Crippen molar-refractivity contribution < 1.29 is 9.53 Å². The molecule has 7 heteroatoms. The summed E-state index contributed by atoms with van der Waals surface area (Å²) in [6, 6.07) is 6.94. The first-order chi connectivity index (χ1) is 11.7. The molecule has 25 heavy (non-hydrogen) atoms. The lowest BCUT2D eigenvalue weighted by Gasteiger charge is -2.32. The number of aliphatic imine (C=N–C) groups is 1. The second-order valence-corrected chi connectivity index (χ2v) is 7.87. The number of hydrogen-bond acceptors (Lipinski definition) is 4. The van der Waals surface area contributed by atoms with Crippen molar-refractivity contribution in [1.82, 2.24) is 9.78 Å². The van der Waals surface area contributed by atoms with Crippen LogP contribution in [-0.4, -0.2) is 27.1 Å². The van der Waals surface area contributed by atoms with Crippen LogP contribution in [0.5, 0.6) is 0 Å². The van der Waals surface area contributed by atoms with Gasteiger partial charge in [0.2, 0.25) is 0 Å². The van der Waals surface area contributed by atoms with Crippen molar-refractivity contribution >= 4 is 40.7 Å². The number of carbonyl (C=O) groups excluding carboxylic acids is 1. The van der Waals surface area contributed by atoms with E-state index in [9.17, 15) is 4.79 Å². The van der Waals surface area contributed by atoms with Crippen LogP contribution in [0.2, 0.25) is 10.0 Å². The van der Waals surface area contributed by atoms with Crippen molar-refractivity contribution in [3.05, 3.63) is 46.1 Å². The van der Waals surface area contributed by atoms with Crippen LogP contribution in [0.4, 0.5) is 5.82 Å². The van der Waals surface area contributed by atoms with E-state index in [-0.39, 0.29) is 5.97 Å². The van der Waals surface area contributed by atoms with E-state index in [2.05, 4.69) is 10.1 Å². The van der Waals surface area contributed by atoms with Crippen LogP contribution in [0.15, 0.2) is 35.5 Å². The average Bonchev–Trinajstić information content (AvgIpc) is 2.85. The van der Waals surface area contributed by atoms with Gasteiger partial charge in [-0.3, -0.25) is 4.79 Å². The molecule has 0 saturated heterocycles. The summed E-state index contributed by atoms with van der Waals surface area (Å²) in [5.74, 6) is -0.430. The number of halogens is 2. The summed E-state index contributed by atoms with van der Waals surface area (Å²) in [5, 5.41) is 5.36. The van der Waals surface area contributed by atoms with Gasteiger partial charge < -0.3 is 4.74 Å². The first-order valence-electron chi connectivity index (χ1n) is 7.94. The molecule has 1 aromatic heterocycles. The largest absolute Gasteiger partial charge is 0.459 e. The molecule has 0 radical (unpaired) electrons. The Kier molecular flexibility index (Phi) is 4.64. The maximum absolute atomic E-state index is 12.9. The third-order valence-electron chi connectivity index (χ3n) is 3.89. The van der Waals surface area contributed by atoms with E-state index >= 15 is 0 Å². The molecular weight excluding hydrogens is 361 g/mol. The van der Waals surface area contributed by atoms with E-state index in [0.29, 0.717) is 21.6 Å². The van der Waals surface area contributed by atoms with Crippen LogP contribution < -0.4 is 0 Å². The quantitative estimate of drug-likeness (QED) is 0.701. The third-order valence-corrected chi connectivity index (χ3v) is 4.39. The molecule has 5 nitrogen and oxygen atoms in total. The smallest absolute Gasteiger partial charge is 0.317 e. The number of carbonyl (C=O) groups is 1. The van der Waals surface area contributed by atoms with Gasteiger partial charge in [-0.1, -0.05) is 35.3 Å². The Labute approximate surface area is 156 Å². The molecule has 2 aromatic rings. The lowest BCUT2D eigenvalue weighted by Crippen LogP contribution is -2.39. The number of nitrogens with zero attached hydrogens (tertiary/aromatic N) is 3. The molecule has 2 unspecified atom stereocenters. The number of ether oxygens (including phenoxy) is 1. The third kappa shape index (κ3) is 3.58. The molecule has 0 spiro atoms. The highest BCUT2D eigenvalue weighted by atomic mass is 35.5. The van der Waals surface area contributed by atoms with Gasteiger partial charge in [-0.05, 0) is 45.4 Å². The van der Waals surface area contributed by atoms with Crippen molar-refractivity contribution in [3.63, 3.8) is 0 Å². The maximum atomic E-state index is 12.9.